The molecule has 0 spiro atoms. The highest BCUT2D eigenvalue weighted by molar-refractivity contribution is 6.30. The highest BCUT2D eigenvalue weighted by Crippen LogP contribution is 2.41. The zero-order chi connectivity index (χ0) is 20.4. The maximum absolute atomic E-state index is 14.4. The molecule has 0 amide bonds. The van der Waals surface area contributed by atoms with E-state index in [-0.39, 0.29) is 11.9 Å². The Balaban J connectivity index is 1.80. The Hall–Kier alpha value is -3.05. The first-order chi connectivity index (χ1) is 14.1. The van der Waals surface area contributed by atoms with Crippen molar-refractivity contribution < 1.29 is 13.9 Å². The summed E-state index contributed by atoms with van der Waals surface area (Å²) >= 11 is 6.06. The van der Waals surface area contributed by atoms with Crippen LogP contribution >= 0.6 is 11.6 Å². The molecular formula is C23H20ClFN2O2. The van der Waals surface area contributed by atoms with Crippen molar-refractivity contribution in [1.29, 1.82) is 0 Å². The Kier molecular flexibility index (Phi) is 5.41. The fraction of sp³-hybridized carbons (Fsp3) is 0.174. The first-order valence-electron chi connectivity index (χ1n) is 9.20. The van der Waals surface area contributed by atoms with Gasteiger partial charge in [0.05, 0.1) is 31.7 Å². The summed E-state index contributed by atoms with van der Waals surface area (Å²) in [7, 11) is 3.24. The fourth-order valence-corrected chi connectivity index (χ4v) is 3.66. The zero-order valence-corrected chi connectivity index (χ0v) is 16.9. The van der Waals surface area contributed by atoms with Crippen LogP contribution in [0.2, 0.25) is 5.02 Å². The molecule has 0 radical (unpaired) electrons. The van der Waals surface area contributed by atoms with Crippen molar-refractivity contribution in [2.75, 3.05) is 19.2 Å². The molecule has 0 saturated heterocycles. The van der Waals surface area contributed by atoms with Crippen LogP contribution < -0.4 is 14.5 Å². The summed E-state index contributed by atoms with van der Waals surface area (Å²) in [5.74, 6) is 1.11. The average Bonchev–Trinajstić information content (AvgIpc) is 3.19. The molecule has 1 aliphatic heterocycles. The van der Waals surface area contributed by atoms with E-state index in [0.717, 1.165) is 11.3 Å². The lowest BCUT2D eigenvalue weighted by Crippen LogP contribution is -2.19. The van der Waals surface area contributed by atoms with Gasteiger partial charge in [0, 0.05) is 28.6 Å². The third-order valence-electron chi connectivity index (χ3n) is 4.99. The summed E-state index contributed by atoms with van der Waals surface area (Å²) in [5.41, 5.74) is 2.99. The van der Waals surface area contributed by atoms with Gasteiger partial charge in [-0.1, -0.05) is 29.8 Å². The predicted molar refractivity (Wildman–Crippen MR) is 114 cm³/mol. The SMILES string of the molecule is COc1ccc([C@H]2CC(c3ccccc3F)=NN2c2ccc(Cl)cc2)c(OC)c1. The van der Waals surface area contributed by atoms with Crippen LogP contribution in [0, 0.1) is 5.82 Å². The van der Waals surface area contributed by atoms with Crippen molar-refractivity contribution in [1.82, 2.24) is 0 Å². The number of benzene rings is 3. The van der Waals surface area contributed by atoms with E-state index in [0.29, 0.717) is 34.2 Å². The van der Waals surface area contributed by atoms with Gasteiger partial charge in [0.25, 0.3) is 0 Å². The van der Waals surface area contributed by atoms with Crippen LogP contribution in [-0.2, 0) is 0 Å². The number of hydrogen-bond donors (Lipinski definition) is 0. The van der Waals surface area contributed by atoms with E-state index in [9.17, 15) is 4.39 Å². The molecule has 0 aliphatic carbocycles. The molecule has 0 N–H and O–H groups in total. The highest BCUT2D eigenvalue weighted by Gasteiger charge is 2.33. The van der Waals surface area contributed by atoms with Crippen LogP contribution in [0.4, 0.5) is 10.1 Å². The Morgan fingerprint density at radius 1 is 1.00 bits per heavy atom. The molecule has 148 valence electrons. The third-order valence-corrected chi connectivity index (χ3v) is 5.24. The smallest absolute Gasteiger partial charge is 0.132 e. The Morgan fingerprint density at radius 2 is 1.76 bits per heavy atom. The van der Waals surface area contributed by atoms with Gasteiger partial charge in [-0.15, -0.1) is 0 Å². The van der Waals surface area contributed by atoms with Gasteiger partial charge in [0.1, 0.15) is 17.3 Å². The van der Waals surface area contributed by atoms with Gasteiger partial charge < -0.3 is 9.47 Å². The van der Waals surface area contributed by atoms with E-state index in [4.69, 9.17) is 26.2 Å². The van der Waals surface area contributed by atoms with E-state index < -0.39 is 0 Å². The quantitative estimate of drug-likeness (QED) is 0.529. The summed E-state index contributed by atoms with van der Waals surface area (Å²) in [4.78, 5) is 0. The van der Waals surface area contributed by atoms with Crippen LogP contribution in [0.25, 0.3) is 0 Å². The van der Waals surface area contributed by atoms with E-state index in [2.05, 4.69) is 0 Å². The topological polar surface area (TPSA) is 34.1 Å². The minimum Gasteiger partial charge on any atom is -0.497 e. The summed E-state index contributed by atoms with van der Waals surface area (Å²) in [6.45, 7) is 0. The van der Waals surface area contributed by atoms with Gasteiger partial charge in [-0.05, 0) is 42.5 Å². The van der Waals surface area contributed by atoms with Crippen molar-refractivity contribution in [2.24, 2.45) is 5.10 Å². The Morgan fingerprint density at radius 3 is 2.45 bits per heavy atom. The highest BCUT2D eigenvalue weighted by atomic mass is 35.5. The summed E-state index contributed by atoms with van der Waals surface area (Å²) in [5, 5.41) is 7.31. The van der Waals surface area contributed by atoms with Crippen LogP contribution in [-0.4, -0.2) is 19.9 Å². The minimum absolute atomic E-state index is 0.161. The fourth-order valence-electron chi connectivity index (χ4n) is 3.54. The van der Waals surface area contributed by atoms with E-state index in [1.54, 1.807) is 26.4 Å². The van der Waals surface area contributed by atoms with Crippen molar-refractivity contribution >= 4 is 23.0 Å². The second-order valence-electron chi connectivity index (χ2n) is 6.68. The lowest BCUT2D eigenvalue weighted by molar-refractivity contribution is 0.388. The maximum Gasteiger partial charge on any atom is 0.132 e. The predicted octanol–water partition coefficient (Wildman–Crippen LogP) is 5.85. The third kappa shape index (κ3) is 3.78. The number of halogens is 2. The van der Waals surface area contributed by atoms with Crippen LogP contribution in [0.3, 0.4) is 0 Å². The number of anilines is 1. The first-order valence-corrected chi connectivity index (χ1v) is 9.57. The lowest BCUT2D eigenvalue weighted by Gasteiger charge is -2.25. The molecular weight excluding hydrogens is 391 g/mol. The van der Waals surface area contributed by atoms with Crippen LogP contribution in [0.1, 0.15) is 23.6 Å². The second kappa shape index (κ2) is 8.13. The van der Waals surface area contributed by atoms with Gasteiger partial charge >= 0.3 is 0 Å². The van der Waals surface area contributed by atoms with Gasteiger partial charge in [-0.2, -0.15) is 5.10 Å². The van der Waals surface area contributed by atoms with Crippen LogP contribution in [0.5, 0.6) is 11.5 Å². The standard InChI is InChI=1S/C23H20ClFN2O2/c1-28-17-11-12-19(23(13-17)29-2)22-14-21(18-5-3-4-6-20(18)25)26-27(22)16-9-7-15(24)8-10-16/h3-13,22H,14H2,1-2H3/t22-/m1/s1. The summed E-state index contributed by atoms with van der Waals surface area (Å²) < 4.78 is 25.4. The van der Waals surface area contributed by atoms with E-state index in [1.807, 2.05) is 53.5 Å². The van der Waals surface area contributed by atoms with E-state index >= 15 is 0 Å². The molecule has 6 heteroatoms. The Labute approximate surface area is 174 Å². The second-order valence-corrected chi connectivity index (χ2v) is 7.11. The van der Waals surface area contributed by atoms with Gasteiger partial charge in [0.15, 0.2) is 0 Å². The van der Waals surface area contributed by atoms with Gasteiger partial charge in [0.2, 0.25) is 0 Å². The molecule has 29 heavy (non-hydrogen) atoms. The lowest BCUT2D eigenvalue weighted by atomic mass is 9.97. The number of nitrogens with zero attached hydrogens (tertiary/aromatic N) is 2. The van der Waals surface area contributed by atoms with Crippen molar-refractivity contribution in [3.05, 3.63) is 88.7 Å². The molecule has 0 unspecified atom stereocenters. The molecule has 3 aromatic carbocycles. The van der Waals surface area contributed by atoms with E-state index in [1.165, 1.54) is 6.07 Å². The maximum atomic E-state index is 14.4. The first kappa shape index (κ1) is 19.3. The normalized spacial score (nSPS) is 15.9. The number of rotatable bonds is 5. The molecule has 0 fully saturated rings. The van der Waals surface area contributed by atoms with Gasteiger partial charge in [-0.25, -0.2) is 4.39 Å². The number of hydrogen-bond acceptors (Lipinski definition) is 4. The number of hydrazone groups is 1. The largest absolute Gasteiger partial charge is 0.497 e. The average molecular weight is 411 g/mol. The number of ether oxygens (including phenoxy) is 2. The van der Waals surface area contributed by atoms with Crippen molar-refractivity contribution in [3.8, 4) is 11.5 Å². The molecule has 3 aromatic rings. The molecule has 1 aliphatic rings. The molecule has 1 atom stereocenters. The van der Waals surface area contributed by atoms with Crippen molar-refractivity contribution in [3.63, 3.8) is 0 Å². The Bertz CT molecular complexity index is 1050. The van der Waals surface area contributed by atoms with Crippen LogP contribution in [0.15, 0.2) is 71.8 Å². The molecule has 0 aromatic heterocycles. The molecule has 4 nitrogen and oxygen atoms in total. The molecule has 4 rings (SSSR count). The summed E-state index contributed by atoms with van der Waals surface area (Å²) in [6, 6.07) is 19.7. The zero-order valence-electron chi connectivity index (χ0n) is 16.1. The summed E-state index contributed by atoms with van der Waals surface area (Å²) in [6.07, 6.45) is 0.534. The molecule has 1 heterocycles. The van der Waals surface area contributed by atoms with Crippen molar-refractivity contribution in [2.45, 2.75) is 12.5 Å². The molecule has 0 bridgehead atoms. The van der Waals surface area contributed by atoms with Gasteiger partial charge in [-0.3, -0.25) is 5.01 Å². The minimum atomic E-state index is -0.287. The number of methoxy groups -OCH3 is 2. The monoisotopic (exact) mass is 410 g/mol. The molecule has 0 saturated carbocycles.